The van der Waals surface area contributed by atoms with Gasteiger partial charge in [-0.25, -0.2) is 8.42 Å². The minimum absolute atomic E-state index is 0. The van der Waals surface area contributed by atoms with Crippen molar-refractivity contribution in [1.29, 1.82) is 0 Å². The zero-order valence-electron chi connectivity index (χ0n) is 13.7. The van der Waals surface area contributed by atoms with Crippen LogP contribution >= 0.6 is 23.7 Å². The summed E-state index contributed by atoms with van der Waals surface area (Å²) < 4.78 is 27.4. The summed E-state index contributed by atoms with van der Waals surface area (Å²) in [6.45, 7) is 3.56. The van der Waals surface area contributed by atoms with Crippen LogP contribution in [0, 0.1) is 6.92 Å². The molecular formula is C15H24ClN3O3S2. The molecule has 3 heterocycles. The number of sulfonamides is 1. The second kappa shape index (κ2) is 7.70. The summed E-state index contributed by atoms with van der Waals surface area (Å²) in [5, 5.41) is 0. The Labute approximate surface area is 153 Å². The van der Waals surface area contributed by atoms with Crippen LogP contribution in [0.25, 0.3) is 0 Å². The Bertz CT molecular complexity index is 684. The number of amides is 1. The fourth-order valence-electron chi connectivity index (χ4n) is 3.27. The first-order valence-corrected chi connectivity index (χ1v) is 10.3. The van der Waals surface area contributed by atoms with Crippen molar-refractivity contribution in [3.63, 3.8) is 0 Å². The summed E-state index contributed by atoms with van der Waals surface area (Å²) in [4.78, 5) is 15.5. The molecule has 3 rings (SSSR count). The molecule has 6 nitrogen and oxygen atoms in total. The molecule has 1 aromatic rings. The molecule has 0 aromatic carbocycles. The second-order valence-corrected chi connectivity index (χ2v) is 9.71. The van der Waals surface area contributed by atoms with Gasteiger partial charge in [0.25, 0.3) is 10.0 Å². The number of hydrogen-bond donors (Lipinski definition) is 1. The Morgan fingerprint density at radius 3 is 2.46 bits per heavy atom. The van der Waals surface area contributed by atoms with Gasteiger partial charge in [0.1, 0.15) is 10.3 Å². The number of piperidine rings is 1. The van der Waals surface area contributed by atoms with Crippen molar-refractivity contribution in [3.05, 3.63) is 17.0 Å². The lowest BCUT2D eigenvalue weighted by molar-refractivity contribution is -0.135. The van der Waals surface area contributed by atoms with Crippen LogP contribution in [0.5, 0.6) is 0 Å². The van der Waals surface area contributed by atoms with E-state index in [-0.39, 0.29) is 24.4 Å². The molecule has 0 aliphatic carbocycles. The summed E-state index contributed by atoms with van der Waals surface area (Å²) in [5.74, 6) is -0.0637. The van der Waals surface area contributed by atoms with E-state index < -0.39 is 16.1 Å². The first kappa shape index (κ1) is 19.7. The number of likely N-dealkylation sites (tertiary alicyclic amines) is 1. The van der Waals surface area contributed by atoms with Gasteiger partial charge in [-0.1, -0.05) is 0 Å². The molecule has 2 saturated heterocycles. The summed E-state index contributed by atoms with van der Waals surface area (Å²) >= 11 is 1.26. The van der Waals surface area contributed by atoms with Gasteiger partial charge in [-0.15, -0.1) is 23.7 Å². The van der Waals surface area contributed by atoms with Crippen molar-refractivity contribution >= 4 is 39.7 Å². The molecule has 2 aliphatic rings. The molecule has 0 saturated carbocycles. The smallest absolute Gasteiger partial charge is 0.253 e. The lowest BCUT2D eigenvalue weighted by atomic mass is 10.0. The van der Waals surface area contributed by atoms with Crippen LogP contribution < -0.4 is 5.73 Å². The van der Waals surface area contributed by atoms with E-state index in [1.165, 1.54) is 15.6 Å². The minimum atomic E-state index is -3.58. The van der Waals surface area contributed by atoms with Crippen LogP contribution in [0.4, 0.5) is 0 Å². The second-order valence-electron chi connectivity index (χ2n) is 6.30. The van der Waals surface area contributed by atoms with Gasteiger partial charge < -0.3 is 10.6 Å². The van der Waals surface area contributed by atoms with Crippen molar-refractivity contribution in [3.8, 4) is 0 Å². The van der Waals surface area contributed by atoms with Crippen molar-refractivity contribution in [2.45, 2.75) is 48.9 Å². The summed E-state index contributed by atoms with van der Waals surface area (Å²) in [6, 6.07) is 3.03. The molecule has 0 bridgehead atoms. The Kier molecular flexibility index (Phi) is 6.30. The molecule has 0 spiro atoms. The number of carbonyl (C=O) groups is 1. The molecule has 0 radical (unpaired) electrons. The largest absolute Gasteiger partial charge is 0.341 e. The van der Waals surface area contributed by atoms with E-state index in [0.29, 0.717) is 30.3 Å². The molecule has 2 aliphatic heterocycles. The number of rotatable bonds is 3. The van der Waals surface area contributed by atoms with Crippen LogP contribution in [0.15, 0.2) is 16.3 Å². The maximum Gasteiger partial charge on any atom is 0.253 e. The highest BCUT2D eigenvalue weighted by Gasteiger charge is 2.42. The lowest BCUT2D eigenvalue weighted by Gasteiger charge is -2.34. The summed E-state index contributed by atoms with van der Waals surface area (Å²) in [5.41, 5.74) is 5.88. The molecule has 1 atom stereocenters. The highest BCUT2D eigenvalue weighted by molar-refractivity contribution is 7.91. The quantitative estimate of drug-likeness (QED) is 0.844. The van der Waals surface area contributed by atoms with Crippen LogP contribution in [-0.4, -0.2) is 55.2 Å². The van der Waals surface area contributed by atoms with Gasteiger partial charge in [0.15, 0.2) is 0 Å². The first-order valence-electron chi connectivity index (χ1n) is 8.02. The third-order valence-corrected chi connectivity index (χ3v) is 7.99. The van der Waals surface area contributed by atoms with E-state index in [2.05, 4.69) is 0 Å². The van der Waals surface area contributed by atoms with E-state index >= 15 is 0 Å². The van der Waals surface area contributed by atoms with Gasteiger partial charge in [-0.3, -0.25) is 4.79 Å². The molecule has 2 fully saturated rings. The van der Waals surface area contributed by atoms with Crippen LogP contribution in [0.3, 0.4) is 0 Å². The number of thiophene rings is 1. The van der Waals surface area contributed by atoms with Crippen LogP contribution in [-0.2, 0) is 14.8 Å². The Hall–Kier alpha value is -0.670. The predicted molar refractivity (Wildman–Crippen MR) is 97.0 cm³/mol. The van der Waals surface area contributed by atoms with E-state index in [1.54, 1.807) is 17.0 Å². The molecule has 9 heteroatoms. The van der Waals surface area contributed by atoms with Crippen molar-refractivity contribution < 1.29 is 13.2 Å². The molecule has 1 unspecified atom stereocenters. The maximum atomic E-state index is 12.8. The highest BCUT2D eigenvalue weighted by Crippen LogP contribution is 2.31. The zero-order valence-corrected chi connectivity index (χ0v) is 16.1. The molecular weight excluding hydrogens is 370 g/mol. The first-order chi connectivity index (χ1) is 10.9. The summed E-state index contributed by atoms with van der Waals surface area (Å²) in [7, 11) is -3.58. The van der Waals surface area contributed by atoms with Crippen molar-refractivity contribution in [2.24, 2.45) is 5.73 Å². The predicted octanol–water partition coefficient (Wildman–Crippen LogP) is 1.58. The number of carbonyl (C=O) groups excluding carboxylic acids is 1. The Morgan fingerprint density at radius 1 is 1.21 bits per heavy atom. The third-order valence-electron chi connectivity index (χ3n) is 4.62. The molecule has 136 valence electrons. The van der Waals surface area contributed by atoms with E-state index in [4.69, 9.17) is 5.73 Å². The van der Waals surface area contributed by atoms with Gasteiger partial charge in [0.2, 0.25) is 5.91 Å². The SMILES string of the molecule is Cc1ccc(S(=O)(=O)N2CCCC2C(=O)N2CCC(N)CC2)s1.Cl. The average molecular weight is 394 g/mol. The Balaban J connectivity index is 0.00000208. The standard InChI is InChI=1S/C15H23N3O3S2.ClH/c1-11-4-5-14(22-11)23(20,21)18-8-2-3-13(18)15(19)17-9-6-12(16)7-10-17;/h4-5,12-13H,2-3,6-10,16H2,1H3;1H. The van der Waals surface area contributed by atoms with E-state index in [0.717, 1.165) is 24.1 Å². The van der Waals surface area contributed by atoms with Gasteiger partial charge in [0, 0.05) is 30.6 Å². The van der Waals surface area contributed by atoms with Crippen molar-refractivity contribution in [1.82, 2.24) is 9.21 Å². The topological polar surface area (TPSA) is 83.7 Å². The fraction of sp³-hybridized carbons (Fsp3) is 0.667. The third kappa shape index (κ3) is 3.77. The molecule has 24 heavy (non-hydrogen) atoms. The van der Waals surface area contributed by atoms with Gasteiger partial charge in [0.05, 0.1) is 0 Å². The molecule has 2 N–H and O–H groups in total. The van der Waals surface area contributed by atoms with Gasteiger partial charge >= 0.3 is 0 Å². The molecule has 1 aromatic heterocycles. The zero-order chi connectivity index (χ0) is 16.6. The van der Waals surface area contributed by atoms with Gasteiger partial charge in [-0.2, -0.15) is 4.31 Å². The van der Waals surface area contributed by atoms with E-state index in [1.807, 2.05) is 6.92 Å². The summed E-state index contributed by atoms with van der Waals surface area (Å²) in [6.07, 6.45) is 2.91. The highest BCUT2D eigenvalue weighted by atomic mass is 35.5. The number of nitrogens with two attached hydrogens (primary N) is 1. The van der Waals surface area contributed by atoms with Crippen LogP contribution in [0.2, 0.25) is 0 Å². The monoisotopic (exact) mass is 393 g/mol. The Morgan fingerprint density at radius 2 is 1.88 bits per heavy atom. The van der Waals surface area contributed by atoms with E-state index in [9.17, 15) is 13.2 Å². The number of hydrogen-bond acceptors (Lipinski definition) is 5. The lowest BCUT2D eigenvalue weighted by Crippen LogP contribution is -2.51. The van der Waals surface area contributed by atoms with Crippen molar-refractivity contribution in [2.75, 3.05) is 19.6 Å². The van der Waals surface area contributed by atoms with Gasteiger partial charge in [-0.05, 0) is 44.7 Å². The minimum Gasteiger partial charge on any atom is -0.341 e. The number of halogens is 1. The fourth-order valence-corrected chi connectivity index (χ4v) is 6.34. The molecule has 1 amide bonds. The number of aryl methyl sites for hydroxylation is 1. The average Bonchev–Trinajstić information content (AvgIpc) is 3.16. The van der Waals surface area contributed by atoms with Crippen LogP contribution in [0.1, 0.15) is 30.6 Å². The number of nitrogens with zero attached hydrogens (tertiary/aromatic N) is 2. The normalized spacial score (nSPS) is 23.2. The maximum absolute atomic E-state index is 12.8.